The third kappa shape index (κ3) is 3.87. The normalized spacial score (nSPS) is 15.2. The second-order valence-electron chi connectivity index (χ2n) is 6.97. The fraction of sp³-hybridized carbons (Fsp3) is 0.200. The third-order valence-corrected chi connectivity index (χ3v) is 5.42. The van der Waals surface area contributed by atoms with E-state index in [1.54, 1.807) is 24.4 Å². The highest BCUT2D eigenvalue weighted by molar-refractivity contribution is 9.10. The van der Waals surface area contributed by atoms with Crippen molar-refractivity contribution in [3.8, 4) is 11.1 Å². The van der Waals surface area contributed by atoms with Gasteiger partial charge in [-0.25, -0.2) is 4.98 Å². The minimum Gasteiger partial charge on any atom is -0.383 e. The fourth-order valence-corrected chi connectivity index (χ4v) is 3.58. The lowest BCUT2D eigenvalue weighted by molar-refractivity contribution is -0.141. The molecule has 0 bridgehead atoms. The molecule has 0 radical (unpaired) electrons. The van der Waals surface area contributed by atoms with Crippen LogP contribution >= 0.6 is 15.9 Å². The minimum absolute atomic E-state index is 0.181. The van der Waals surface area contributed by atoms with E-state index in [0.29, 0.717) is 16.8 Å². The molecule has 0 spiro atoms. The Balaban J connectivity index is 1.54. The highest BCUT2D eigenvalue weighted by Gasteiger charge is 2.45. The Bertz CT molecular complexity index is 1070. The zero-order valence-corrected chi connectivity index (χ0v) is 16.6. The Kier molecular flexibility index (Phi) is 4.65. The number of aromatic amines is 1. The number of rotatable bonds is 4. The summed E-state index contributed by atoms with van der Waals surface area (Å²) >= 11 is 3.30. The first kappa shape index (κ1) is 19.5. The van der Waals surface area contributed by atoms with Crippen molar-refractivity contribution in [3.05, 3.63) is 70.1 Å². The van der Waals surface area contributed by atoms with E-state index in [4.69, 9.17) is 5.73 Å². The van der Waals surface area contributed by atoms with Crippen LogP contribution in [0, 0.1) is 0 Å². The molecule has 0 aliphatic heterocycles. The summed E-state index contributed by atoms with van der Waals surface area (Å²) in [5.74, 6) is -0.382. The fourth-order valence-electron chi connectivity index (χ4n) is 3.24. The number of alkyl halides is 3. The summed E-state index contributed by atoms with van der Waals surface area (Å²) in [6, 6.07) is 11.2. The number of H-pyrrole nitrogens is 1. The van der Waals surface area contributed by atoms with Gasteiger partial charge < -0.3 is 16.0 Å². The van der Waals surface area contributed by atoms with Gasteiger partial charge in [0.2, 0.25) is 0 Å². The van der Waals surface area contributed by atoms with Gasteiger partial charge in [-0.15, -0.1) is 0 Å². The molecule has 4 N–H and O–H groups in total. The van der Waals surface area contributed by atoms with Crippen molar-refractivity contribution >= 4 is 27.7 Å². The van der Waals surface area contributed by atoms with Gasteiger partial charge in [-0.3, -0.25) is 4.79 Å². The third-order valence-electron chi connectivity index (χ3n) is 4.96. The van der Waals surface area contributed by atoms with Gasteiger partial charge in [-0.2, -0.15) is 13.2 Å². The van der Waals surface area contributed by atoms with Crippen LogP contribution in [0.4, 0.5) is 19.0 Å². The van der Waals surface area contributed by atoms with E-state index in [0.717, 1.165) is 28.9 Å². The van der Waals surface area contributed by atoms with Crippen LogP contribution in [0.2, 0.25) is 0 Å². The number of carbonyl (C=O) groups is 1. The van der Waals surface area contributed by atoms with Crippen LogP contribution in [0.5, 0.6) is 0 Å². The number of hydrogen-bond acceptors (Lipinski definition) is 3. The van der Waals surface area contributed by atoms with E-state index in [1.807, 2.05) is 12.1 Å². The van der Waals surface area contributed by atoms with Crippen LogP contribution in [0.15, 0.2) is 53.1 Å². The average molecular weight is 465 g/mol. The molecule has 1 aliphatic rings. The number of nitrogen functional groups attached to an aromatic ring is 1. The molecule has 1 saturated carbocycles. The number of pyridine rings is 1. The lowest BCUT2D eigenvalue weighted by atomic mass is 9.99. The van der Waals surface area contributed by atoms with Crippen molar-refractivity contribution in [1.82, 2.24) is 15.3 Å². The van der Waals surface area contributed by atoms with Gasteiger partial charge in [0.15, 0.2) is 0 Å². The molecule has 1 aliphatic carbocycles. The second kappa shape index (κ2) is 6.91. The summed E-state index contributed by atoms with van der Waals surface area (Å²) in [7, 11) is 0. The molecule has 2 aromatic heterocycles. The topological polar surface area (TPSA) is 83.8 Å². The van der Waals surface area contributed by atoms with E-state index in [2.05, 4.69) is 31.2 Å². The van der Waals surface area contributed by atoms with E-state index < -0.39 is 17.4 Å². The molecule has 1 aromatic carbocycles. The van der Waals surface area contributed by atoms with Gasteiger partial charge in [0, 0.05) is 16.2 Å². The predicted molar refractivity (Wildman–Crippen MR) is 106 cm³/mol. The van der Waals surface area contributed by atoms with Gasteiger partial charge in [0.25, 0.3) is 5.91 Å². The predicted octanol–water partition coefficient (Wildman–Crippen LogP) is 4.86. The molecule has 5 nitrogen and oxygen atoms in total. The molecule has 0 unspecified atom stereocenters. The molecule has 9 heteroatoms. The molecule has 3 aromatic rings. The smallest absolute Gasteiger partial charge is 0.383 e. The van der Waals surface area contributed by atoms with Crippen LogP contribution in [0.3, 0.4) is 0 Å². The molecule has 1 amide bonds. The second-order valence-corrected chi connectivity index (χ2v) is 7.89. The van der Waals surface area contributed by atoms with E-state index in [9.17, 15) is 18.0 Å². The van der Waals surface area contributed by atoms with Crippen molar-refractivity contribution in [3.63, 3.8) is 0 Å². The van der Waals surface area contributed by atoms with E-state index in [1.165, 1.54) is 6.07 Å². The van der Waals surface area contributed by atoms with Crippen molar-refractivity contribution in [2.45, 2.75) is 24.6 Å². The Morgan fingerprint density at radius 3 is 2.38 bits per heavy atom. The summed E-state index contributed by atoms with van der Waals surface area (Å²) in [6.07, 6.45) is -1.23. The van der Waals surface area contributed by atoms with Crippen LogP contribution in [0.25, 0.3) is 11.1 Å². The minimum atomic E-state index is -4.54. The maximum atomic E-state index is 12.8. The van der Waals surface area contributed by atoms with Crippen molar-refractivity contribution in [2.24, 2.45) is 0 Å². The van der Waals surface area contributed by atoms with Gasteiger partial charge >= 0.3 is 6.18 Å². The Morgan fingerprint density at radius 2 is 1.86 bits per heavy atom. The Labute approximate surface area is 172 Å². The lowest BCUT2D eigenvalue weighted by Crippen LogP contribution is -2.35. The number of hydrogen-bond donors (Lipinski definition) is 3. The number of benzene rings is 1. The molecular weight excluding hydrogens is 449 g/mol. The molecule has 150 valence electrons. The first-order valence-corrected chi connectivity index (χ1v) is 9.58. The number of carbonyl (C=O) groups excluding carboxylic acids is 1. The number of nitrogens with one attached hydrogen (secondary N) is 2. The number of halogens is 4. The lowest BCUT2D eigenvalue weighted by Gasteiger charge is -2.18. The summed E-state index contributed by atoms with van der Waals surface area (Å²) in [5.41, 5.74) is 6.76. The molecule has 1 fully saturated rings. The van der Waals surface area contributed by atoms with Gasteiger partial charge in [-0.1, -0.05) is 24.3 Å². The maximum Gasteiger partial charge on any atom is 0.433 e. The molecule has 0 atom stereocenters. The zero-order valence-electron chi connectivity index (χ0n) is 15.0. The number of aromatic nitrogens is 2. The summed E-state index contributed by atoms with van der Waals surface area (Å²) in [4.78, 5) is 18.8. The van der Waals surface area contributed by atoms with Crippen LogP contribution in [0.1, 0.15) is 34.6 Å². The zero-order chi connectivity index (χ0) is 20.8. The Morgan fingerprint density at radius 1 is 1.17 bits per heavy atom. The quantitative estimate of drug-likeness (QED) is 0.515. The van der Waals surface area contributed by atoms with Crippen LogP contribution < -0.4 is 11.1 Å². The molecule has 29 heavy (non-hydrogen) atoms. The summed E-state index contributed by atoms with van der Waals surface area (Å²) < 4.78 is 39.1. The van der Waals surface area contributed by atoms with Crippen LogP contribution in [-0.4, -0.2) is 15.9 Å². The van der Waals surface area contributed by atoms with Gasteiger partial charge in [0.05, 0.1) is 5.54 Å². The standard InChI is InChI=1S/C20H16BrF3N4O/c21-13-9-15(26-10-13)18(29)28-19(7-8-19)12-3-1-11(2-4-12)14-5-6-16(20(22,23)24)27-17(14)25/h1-6,9-10,26H,7-8H2,(H2,25,27)(H,28,29). The first-order valence-electron chi connectivity index (χ1n) is 8.79. The van der Waals surface area contributed by atoms with Gasteiger partial charge in [-0.05, 0) is 58.1 Å². The summed E-state index contributed by atoms with van der Waals surface area (Å²) in [5, 5.41) is 3.05. The van der Waals surface area contributed by atoms with Crippen molar-refractivity contribution in [2.75, 3.05) is 5.73 Å². The highest BCUT2D eigenvalue weighted by atomic mass is 79.9. The largest absolute Gasteiger partial charge is 0.433 e. The number of anilines is 1. The van der Waals surface area contributed by atoms with Crippen molar-refractivity contribution < 1.29 is 18.0 Å². The van der Waals surface area contributed by atoms with Crippen LogP contribution in [-0.2, 0) is 11.7 Å². The molecule has 2 heterocycles. The molecule has 4 rings (SSSR count). The molecule has 0 saturated heterocycles. The molecular formula is C20H16BrF3N4O. The van der Waals surface area contributed by atoms with Gasteiger partial charge in [0.1, 0.15) is 17.2 Å². The van der Waals surface area contributed by atoms with E-state index >= 15 is 0 Å². The Hall–Kier alpha value is -2.81. The van der Waals surface area contributed by atoms with E-state index in [-0.39, 0.29) is 11.7 Å². The SMILES string of the molecule is Nc1nc(C(F)(F)F)ccc1-c1ccc(C2(NC(=O)c3cc(Br)c[nH]3)CC2)cc1. The average Bonchev–Trinajstić information content (AvgIpc) is 3.32. The number of nitrogens with two attached hydrogens (primary N) is 1. The monoisotopic (exact) mass is 464 g/mol. The summed E-state index contributed by atoms with van der Waals surface area (Å²) in [6.45, 7) is 0. The highest BCUT2D eigenvalue weighted by Crippen LogP contribution is 2.46. The first-order chi connectivity index (χ1) is 13.7. The van der Waals surface area contributed by atoms with Crippen molar-refractivity contribution in [1.29, 1.82) is 0 Å². The number of nitrogens with zero attached hydrogens (tertiary/aromatic N) is 1. The number of amides is 1. The maximum absolute atomic E-state index is 12.8.